The molecule has 26 heavy (non-hydrogen) atoms. The fourth-order valence-electron chi connectivity index (χ4n) is 2.33. The van der Waals surface area contributed by atoms with Gasteiger partial charge in [-0.1, -0.05) is 12.1 Å². The number of rotatable bonds is 8. The summed E-state index contributed by atoms with van der Waals surface area (Å²) in [6.45, 7) is 0. The van der Waals surface area contributed by atoms with Crippen LogP contribution in [0.3, 0.4) is 0 Å². The maximum atomic E-state index is 12.7. The maximum Gasteiger partial charge on any atom is 1.00 e. The molecule has 2 rings (SSSR count). The molecule has 0 atom stereocenters. The molecule has 0 aliphatic rings. The van der Waals surface area contributed by atoms with Crippen LogP contribution in [0, 0.1) is 0 Å². The molecule has 0 amide bonds. The summed E-state index contributed by atoms with van der Waals surface area (Å²) in [5.74, 6) is 1.38. The minimum atomic E-state index is -0.438. The van der Waals surface area contributed by atoms with Gasteiger partial charge in [0.05, 0.1) is 39.6 Å². The third-order valence-corrected chi connectivity index (χ3v) is 4.34. The van der Waals surface area contributed by atoms with Crippen LogP contribution in [0.1, 0.15) is 20.7 Å². The van der Waals surface area contributed by atoms with Crippen LogP contribution in [0.4, 0.5) is 0 Å². The molecule has 0 fully saturated rings. The quantitative estimate of drug-likeness (QED) is 0.492. The van der Waals surface area contributed by atoms with E-state index in [-0.39, 0.29) is 49.3 Å². The molecular weight excluding hydrogens is 366 g/mol. The Morgan fingerprint density at radius 1 is 0.654 bits per heavy atom. The van der Waals surface area contributed by atoms with Crippen LogP contribution in [-0.2, 0) is 0 Å². The van der Waals surface area contributed by atoms with Gasteiger partial charge in [0.25, 0.3) is 0 Å². The predicted molar refractivity (Wildman–Crippen MR) is 94.7 cm³/mol. The number of benzene rings is 2. The van der Waals surface area contributed by atoms with Gasteiger partial charge in [0.1, 0.15) is 23.0 Å². The molecule has 0 spiro atoms. The van der Waals surface area contributed by atoms with E-state index in [2.05, 4.69) is 0 Å². The standard InChI is InChI=1S/C18H18O6P.Na/c1-21-11-7-5-8-12(22-2)15(11)17(19)25-18(20)16-13(23-3)9-6-10-14(16)24-4;/h5-10H,1-4H3;/q-1;+1. The average Bonchev–Trinajstić information content (AvgIpc) is 2.65. The Morgan fingerprint density at radius 3 is 1.15 bits per heavy atom. The first-order chi connectivity index (χ1) is 12.1. The van der Waals surface area contributed by atoms with Crippen LogP contribution in [0.15, 0.2) is 36.4 Å². The van der Waals surface area contributed by atoms with E-state index in [0.29, 0.717) is 23.0 Å². The summed E-state index contributed by atoms with van der Waals surface area (Å²) in [6.07, 6.45) is 0. The zero-order chi connectivity index (χ0) is 18.4. The molecule has 6 nitrogen and oxygen atoms in total. The van der Waals surface area contributed by atoms with Crippen LogP contribution in [0.5, 0.6) is 23.0 Å². The van der Waals surface area contributed by atoms with Gasteiger partial charge in [0, 0.05) is 11.0 Å². The van der Waals surface area contributed by atoms with Crippen LogP contribution < -0.4 is 48.5 Å². The van der Waals surface area contributed by atoms with Crippen molar-refractivity contribution in [1.29, 1.82) is 0 Å². The monoisotopic (exact) mass is 384 g/mol. The molecule has 0 saturated carbocycles. The van der Waals surface area contributed by atoms with Gasteiger partial charge in [-0.25, -0.2) is 0 Å². The van der Waals surface area contributed by atoms with E-state index < -0.39 is 11.0 Å². The molecule has 2 aromatic carbocycles. The third-order valence-electron chi connectivity index (χ3n) is 3.49. The van der Waals surface area contributed by atoms with E-state index in [0.717, 1.165) is 0 Å². The first kappa shape index (κ1) is 22.5. The molecule has 0 heterocycles. The molecule has 0 saturated heterocycles. The number of methoxy groups -OCH3 is 4. The molecule has 0 aliphatic heterocycles. The van der Waals surface area contributed by atoms with E-state index in [1.54, 1.807) is 36.4 Å². The van der Waals surface area contributed by atoms with Gasteiger partial charge in [-0.3, -0.25) is 0 Å². The van der Waals surface area contributed by atoms with E-state index in [1.165, 1.54) is 28.4 Å². The van der Waals surface area contributed by atoms with Crippen molar-refractivity contribution in [2.45, 2.75) is 0 Å². The van der Waals surface area contributed by atoms with E-state index in [1.807, 2.05) is 0 Å². The van der Waals surface area contributed by atoms with Crippen LogP contribution >= 0.6 is 8.58 Å². The maximum absolute atomic E-state index is 12.7. The van der Waals surface area contributed by atoms with Gasteiger partial charge < -0.3 is 37.1 Å². The summed E-state index contributed by atoms with van der Waals surface area (Å²) in [5.41, 5.74) is -0.438. The zero-order valence-electron chi connectivity index (χ0n) is 15.4. The van der Waals surface area contributed by atoms with Crippen LogP contribution in [0.2, 0.25) is 0 Å². The Labute approximate surface area is 176 Å². The van der Waals surface area contributed by atoms with Gasteiger partial charge >= 0.3 is 29.6 Å². The predicted octanol–water partition coefficient (Wildman–Crippen LogP) is 0.652. The molecule has 0 unspecified atom stereocenters. The van der Waals surface area contributed by atoms with Gasteiger partial charge in [-0.15, -0.1) is 0 Å². The summed E-state index contributed by atoms with van der Waals surface area (Å²) < 4.78 is 20.9. The summed E-state index contributed by atoms with van der Waals surface area (Å²) in [5, 5.41) is 0. The first-order valence-corrected chi connectivity index (χ1v) is 8.19. The van der Waals surface area contributed by atoms with E-state index in [9.17, 15) is 9.59 Å². The minimum Gasteiger partial charge on any atom is -0.496 e. The second-order valence-electron chi connectivity index (χ2n) is 4.80. The second-order valence-corrected chi connectivity index (χ2v) is 5.83. The Morgan fingerprint density at radius 2 is 0.923 bits per heavy atom. The molecule has 8 heteroatoms. The fraction of sp³-hybridized carbons (Fsp3) is 0.222. The molecule has 0 radical (unpaired) electrons. The summed E-state index contributed by atoms with van der Waals surface area (Å²) >= 11 is 0. The smallest absolute Gasteiger partial charge is 0.496 e. The van der Waals surface area contributed by atoms with Crippen LogP contribution in [0.25, 0.3) is 0 Å². The molecule has 0 aromatic heterocycles. The van der Waals surface area contributed by atoms with Crippen molar-refractivity contribution in [3.63, 3.8) is 0 Å². The van der Waals surface area contributed by atoms with Crippen molar-refractivity contribution in [2.75, 3.05) is 28.4 Å². The summed E-state index contributed by atoms with van der Waals surface area (Å²) in [7, 11) is 5.74. The Balaban J connectivity index is 0.00000338. The van der Waals surface area contributed by atoms with E-state index >= 15 is 0 Å². The van der Waals surface area contributed by atoms with Crippen molar-refractivity contribution in [3.05, 3.63) is 47.5 Å². The molecule has 0 N–H and O–H groups in total. The van der Waals surface area contributed by atoms with Crippen LogP contribution in [-0.4, -0.2) is 39.5 Å². The minimum absolute atomic E-state index is 0. The number of hydrogen-bond acceptors (Lipinski definition) is 6. The Hall–Kier alpha value is -1.59. The zero-order valence-corrected chi connectivity index (χ0v) is 18.3. The van der Waals surface area contributed by atoms with Gasteiger partial charge in [-0.05, 0) is 24.3 Å². The summed E-state index contributed by atoms with van der Waals surface area (Å²) in [4.78, 5) is 25.4. The number of carbonyl (C=O) groups is 2. The normalized spacial score (nSPS) is 9.69. The van der Waals surface area contributed by atoms with Crippen molar-refractivity contribution < 1.29 is 58.1 Å². The number of hydrogen-bond donors (Lipinski definition) is 0. The fourth-order valence-corrected chi connectivity index (χ4v) is 3.18. The largest absolute Gasteiger partial charge is 1.00 e. The van der Waals surface area contributed by atoms with Crippen molar-refractivity contribution in [1.82, 2.24) is 0 Å². The molecule has 2 aromatic rings. The first-order valence-electron chi connectivity index (χ1n) is 7.29. The molecular formula is C18H18NaO6P. The Bertz CT molecular complexity index is 683. The molecule has 0 bridgehead atoms. The van der Waals surface area contributed by atoms with Gasteiger partial charge in [0.2, 0.25) is 0 Å². The Kier molecular flexibility index (Phi) is 9.09. The van der Waals surface area contributed by atoms with Gasteiger partial charge in [0.15, 0.2) is 0 Å². The summed E-state index contributed by atoms with van der Waals surface area (Å²) in [6, 6.07) is 9.96. The van der Waals surface area contributed by atoms with Gasteiger partial charge in [-0.2, -0.15) is 0 Å². The van der Waals surface area contributed by atoms with E-state index in [4.69, 9.17) is 18.9 Å². The molecule has 132 valence electrons. The average molecular weight is 384 g/mol. The SMILES string of the molecule is COc1cccc(OC)c1C(=O)[P-]C(=O)c1c(OC)cccc1OC.[Na+]. The van der Waals surface area contributed by atoms with Crippen molar-refractivity contribution in [2.24, 2.45) is 0 Å². The molecule has 0 aliphatic carbocycles. The van der Waals surface area contributed by atoms with Crippen molar-refractivity contribution in [3.8, 4) is 23.0 Å². The number of ether oxygens (including phenoxy) is 4. The third kappa shape index (κ3) is 4.77. The topological polar surface area (TPSA) is 71.1 Å². The number of carbonyl (C=O) groups excluding carboxylic acids is 2. The second kappa shape index (κ2) is 10.5. The van der Waals surface area contributed by atoms with Crippen molar-refractivity contribution >= 4 is 19.6 Å².